The molecule has 0 saturated carbocycles. The van der Waals surface area contributed by atoms with E-state index in [1.165, 1.54) is 0 Å². The Morgan fingerprint density at radius 3 is 0.643 bits per heavy atom. The van der Waals surface area contributed by atoms with Crippen molar-refractivity contribution in [3.8, 4) is 0 Å². The van der Waals surface area contributed by atoms with E-state index in [0.717, 1.165) is 17.4 Å². The monoisotopic (exact) mass is 247 g/mol. The van der Waals surface area contributed by atoms with E-state index in [1.54, 1.807) is 41.5 Å². The molecule has 0 radical (unpaired) electrons. The second-order valence-corrected chi connectivity index (χ2v) is 3.28. The van der Waals surface area contributed by atoms with Gasteiger partial charge >= 0.3 is 21.0 Å². The molecular formula is C9H24O4V. The predicted molar refractivity (Wildman–Crippen MR) is 52.8 cm³/mol. The summed E-state index contributed by atoms with van der Waals surface area (Å²) in [6.07, 6.45) is -0.500. The molecule has 0 rings (SSSR count). The minimum absolute atomic E-state index is 0.167. The SMILES string of the molecule is CC(C)O.CC(C)O.CC(C)O.[O]=[V]. The van der Waals surface area contributed by atoms with Crippen LogP contribution in [-0.4, -0.2) is 33.6 Å². The van der Waals surface area contributed by atoms with Crippen molar-refractivity contribution in [2.45, 2.75) is 59.9 Å². The number of aliphatic hydroxyl groups excluding tert-OH is 3. The molecule has 0 heterocycles. The van der Waals surface area contributed by atoms with E-state index in [1.807, 2.05) is 0 Å². The van der Waals surface area contributed by atoms with Crippen LogP contribution in [0, 0.1) is 0 Å². The van der Waals surface area contributed by atoms with Crippen molar-refractivity contribution in [2.24, 2.45) is 0 Å². The van der Waals surface area contributed by atoms with Crippen LogP contribution in [0.25, 0.3) is 0 Å². The van der Waals surface area contributed by atoms with E-state index in [2.05, 4.69) is 0 Å². The number of hydrogen-bond acceptors (Lipinski definition) is 4. The van der Waals surface area contributed by atoms with Gasteiger partial charge in [-0.25, -0.2) is 0 Å². The Morgan fingerprint density at radius 2 is 0.643 bits per heavy atom. The second-order valence-electron chi connectivity index (χ2n) is 3.28. The van der Waals surface area contributed by atoms with Gasteiger partial charge in [0.2, 0.25) is 0 Å². The van der Waals surface area contributed by atoms with Gasteiger partial charge in [-0.15, -0.1) is 0 Å². The molecule has 0 aromatic carbocycles. The summed E-state index contributed by atoms with van der Waals surface area (Å²) in [7, 11) is 0. The molecule has 0 bridgehead atoms. The molecule has 0 fully saturated rings. The molecule has 0 aromatic rings. The van der Waals surface area contributed by atoms with Crippen molar-refractivity contribution >= 4 is 0 Å². The molecule has 5 heteroatoms. The molecule has 4 nitrogen and oxygen atoms in total. The van der Waals surface area contributed by atoms with E-state index in [4.69, 9.17) is 19.0 Å². The maximum atomic E-state index is 8.19. The molecule has 3 N–H and O–H groups in total. The van der Waals surface area contributed by atoms with Gasteiger partial charge in [0.05, 0.1) is 0 Å². The fourth-order valence-corrected chi connectivity index (χ4v) is 0. The molecular weight excluding hydrogens is 223 g/mol. The van der Waals surface area contributed by atoms with E-state index in [-0.39, 0.29) is 18.3 Å². The van der Waals surface area contributed by atoms with Gasteiger partial charge in [-0.1, -0.05) is 0 Å². The molecule has 14 heavy (non-hydrogen) atoms. The van der Waals surface area contributed by atoms with Crippen LogP contribution in [-0.2, 0) is 21.0 Å². The Bertz CT molecular complexity index is 54.7. The van der Waals surface area contributed by atoms with Crippen LogP contribution in [0.15, 0.2) is 0 Å². The number of rotatable bonds is 0. The van der Waals surface area contributed by atoms with Crippen molar-refractivity contribution in [2.75, 3.05) is 0 Å². The maximum absolute atomic E-state index is 8.19. The molecule has 0 aliphatic rings. The zero-order valence-electron chi connectivity index (χ0n) is 9.93. The molecule has 0 aromatic heterocycles. The minimum atomic E-state index is -0.167. The summed E-state index contributed by atoms with van der Waals surface area (Å²) in [5.74, 6) is 0. The van der Waals surface area contributed by atoms with Gasteiger partial charge in [-0.2, -0.15) is 0 Å². The fraction of sp³-hybridized carbons (Fsp3) is 1.00. The van der Waals surface area contributed by atoms with Crippen molar-refractivity contribution in [1.82, 2.24) is 0 Å². The molecule has 89 valence electrons. The van der Waals surface area contributed by atoms with E-state index in [0.29, 0.717) is 0 Å². The summed E-state index contributed by atoms with van der Waals surface area (Å²) in [6.45, 7) is 10.3. The topological polar surface area (TPSA) is 77.8 Å². The molecule has 0 atom stereocenters. The number of hydrogen-bond donors (Lipinski definition) is 3. The third-order valence-electron chi connectivity index (χ3n) is 0. The molecule has 0 aliphatic carbocycles. The summed E-state index contributed by atoms with van der Waals surface area (Å²) in [5.41, 5.74) is 0. The first-order chi connectivity index (χ1) is 6.20. The van der Waals surface area contributed by atoms with Crippen LogP contribution >= 0.6 is 0 Å². The molecule has 0 saturated heterocycles. The van der Waals surface area contributed by atoms with Crippen LogP contribution in [0.2, 0.25) is 0 Å². The Kier molecular flexibility index (Phi) is 39.6. The Morgan fingerprint density at radius 1 is 0.643 bits per heavy atom. The molecule has 0 aliphatic heterocycles. The van der Waals surface area contributed by atoms with Crippen LogP contribution in [0.4, 0.5) is 0 Å². The Balaban J connectivity index is -0.0000000492. The van der Waals surface area contributed by atoms with Gasteiger partial charge in [-0.05, 0) is 41.5 Å². The zero-order valence-corrected chi connectivity index (χ0v) is 11.3. The summed E-state index contributed by atoms with van der Waals surface area (Å²) in [6, 6.07) is 0. The second kappa shape index (κ2) is 23.2. The van der Waals surface area contributed by atoms with Crippen molar-refractivity contribution in [3.05, 3.63) is 0 Å². The van der Waals surface area contributed by atoms with Gasteiger partial charge in [0.15, 0.2) is 0 Å². The molecule has 0 unspecified atom stereocenters. The van der Waals surface area contributed by atoms with Crippen LogP contribution in [0.3, 0.4) is 0 Å². The van der Waals surface area contributed by atoms with Gasteiger partial charge in [0.1, 0.15) is 0 Å². The predicted octanol–water partition coefficient (Wildman–Crippen LogP) is 1.04. The Labute approximate surface area is 96.6 Å². The first-order valence-corrected chi connectivity index (χ1v) is 4.99. The van der Waals surface area contributed by atoms with Crippen LogP contribution in [0.1, 0.15) is 41.5 Å². The van der Waals surface area contributed by atoms with E-state index < -0.39 is 0 Å². The summed E-state index contributed by atoms with van der Waals surface area (Å²) >= 11 is 1.06. The molecule has 0 amide bonds. The average molecular weight is 247 g/mol. The van der Waals surface area contributed by atoms with Gasteiger partial charge in [0, 0.05) is 18.3 Å². The standard InChI is InChI=1S/3C3H8O.O.V/c3*1-3(2)4;;/h3*3-4H,1-2H3;;. The summed E-state index contributed by atoms with van der Waals surface area (Å²) in [5, 5.41) is 24.2. The normalized spacial score (nSPS) is 7.93. The first kappa shape index (κ1) is 23.8. The average Bonchev–Trinajstić information content (AvgIpc) is 1.86. The quantitative estimate of drug-likeness (QED) is 0.597. The number of aliphatic hydroxyl groups is 3. The van der Waals surface area contributed by atoms with Crippen LogP contribution in [0.5, 0.6) is 0 Å². The third-order valence-corrected chi connectivity index (χ3v) is 0. The van der Waals surface area contributed by atoms with E-state index >= 15 is 0 Å². The van der Waals surface area contributed by atoms with Crippen molar-refractivity contribution < 1.29 is 36.4 Å². The summed E-state index contributed by atoms with van der Waals surface area (Å²) < 4.78 is 8.19. The Hall–Kier alpha value is 0.264. The zero-order chi connectivity index (χ0) is 12.7. The van der Waals surface area contributed by atoms with Gasteiger partial charge in [-0.3, -0.25) is 0 Å². The third kappa shape index (κ3) is 22300. The van der Waals surface area contributed by atoms with E-state index in [9.17, 15) is 0 Å². The van der Waals surface area contributed by atoms with Crippen molar-refractivity contribution in [3.63, 3.8) is 0 Å². The fourth-order valence-electron chi connectivity index (χ4n) is 0. The van der Waals surface area contributed by atoms with Crippen LogP contribution < -0.4 is 0 Å². The first-order valence-electron chi connectivity index (χ1n) is 4.42. The van der Waals surface area contributed by atoms with Gasteiger partial charge in [0.25, 0.3) is 0 Å². The summed E-state index contributed by atoms with van der Waals surface area (Å²) in [4.78, 5) is 0. The molecule has 0 spiro atoms. The van der Waals surface area contributed by atoms with Crippen molar-refractivity contribution in [1.29, 1.82) is 0 Å². The van der Waals surface area contributed by atoms with Gasteiger partial charge < -0.3 is 15.3 Å².